The Morgan fingerprint density at radius 2 is 0.600 bits per heavy atom. The molecule has 0 rings (SSSR count). The van der Waals surface area contributed by atoms with Crippen LogP contribution >= 0.6 is 0 Å². The van der Waals surface area contributed by atoms with Gasteiger partial charge in [-0.2, -0.15) is 0 Å². The monoisotopic (exact) mass is 845 g/mol. The van der Waals surface area contributed by atoms with Crippen LogP contribution in [0.3, 0.4) is 0 Å². The molecule has 0 fully saturated rings. The number of carbonyl (C=O) groups is 3. The number of allylic oxidation sites excluding steroid dienone is 4. The van der Waals surface area contributed by atoms with Crippen LogP contribution in [0.1, 0.15) is 284 Å². The second kappa shape index (κ2) is 49.5. The van der Waals surface area contributed by atoms with E-state index in [9.17, 15) is 14.4 Å². The van der Waals surface area contributed by atoms with Crippen LogP contribution in [-0.4, -0.2) is 37.2 Å². The van der Waals surface area contributed by atoms with Crippen LogP contribution in [0.2, 0.25) is 0 Å². The lowest BCUT2D eigenvalue weighted by atomic mass is 10.0. The number of ether oxygens (including phenoxy) is 3. The van der Waals surface area contributed by atoms with E-state index in [1.807, 2.05) is 0 Å². The topological polar surface area (TPSA) is 78.9 Å². The maximum atomic E-state index is 12.8. The molecule has 0 aromatic carbocycles. The molecule has 0 bridgehead atoms. The Hall–Kier alpha value is -2.11. The smallest absolute Gasteiger partial charge is 0.306 e. The normalized spacial score (nSPS) is 12.1. The fourth-order valence-electron chi connectivity index (χ4n) is 7.71. The van der Waals surface area contributed by atoms with Crippen molar-refractivity contribution >= 4 is 17.9 Å². The third-order valence-electron chi connectivity index (χ3n) is 11.7. The van der Waals surface area contributed by atoms with Crippen molar-refractivity contribution in [1.29, 1.82) is 0 Å². The summed E-state index contributed by atoms with van der Waals surface area (Å²) < 4.78 is 16.8. The van der Waals surface area contributed by atoms with Gasteiger partial charge in [-0.25, -0.2) is 0 Å². The van der Waals surface area contributed by atoms with Crippen molar-refractivity contribution in [2.24, 2.45) is 0 Å². The summed E-state index contributed by atoms with van der Waals surface area (Å²) in [6.45, 7) is 6.63. The average Bonchev–Trinajstić information content (AvgIpc) is 3.24. The lowest BCUT2D eigenvalue weighted by Crippen LogP contribution is -2.30. The van der Waals surface area contributed by atoms with Gasteiger partial charge in [0.25, 0.3) is 0 Å². The Kier molecular flexibility index (Phi) is 47.8. The Morgan fingerprint density at radius 1 is 0.333 bits per heavy atom. The largest absolute Gasteiger partial charge is 0.462 e. The molecule has 0 heterocycles. The molecule has 0 saturated carbocycles. The lowest BCUT2D eigenvalue weighted by molar-refractivity contribution is -0.167. The Bertz CT molecular complexity index is 973. The van der Waals surface area contributed by atoms with Crippen molar-refractivity contribution < 1.29 is 28.6 Å². The molecule has 0 aromatic rings. The summed E-state index contributed by atoms with van der Waals surface area (Å²) in [7, 11) is 0. The van der Waals surface area contributed by atoms with Crippen LogP contribution in [0.4, 0.5) is 0 Å². The Morgan fingerprint density at radius 3 is 0.950 bits per heavy atom. The molecule has 6 heteroatoms. The molecule has 0 aliphatic carbocycles. The van der Waals surface area contributed by atoms with Gasteiger partial charge in [0, 0.05) is 19.3 Å². The Labute approximate surface area is 373 Å². The zero-order chi connectivity index (χ0) is 43.7. The van der Waals surface area contributed by atoms with Gasteiger partial charge in [-0.1, -0.05) is 238 Å². The van der Waals surface area contributed by atoms with E-state index in [-0.39, 0.29) is 31.1 Å². The lowest BCUT2D eigenvalue weighted by Gasteiger charge is -2.18. The van der Waals surface area contributed by atoms with E-state index in [1.165, 1.54) is 180 Å². The van der Waals surface area contributed by atoms with Gasteiger partial charge in [0.15, 0.2) is 6.10 Å². The second-order valence-electron chi connectivity index (χ2n) is 17.8. The SMILES string of the molecule is CCCCC/C=C\C/C=C\CCCCCCCCCCCC(=O)OC[C@@H](COC(=O)CCCCCCCCCCCCC)OC(=O)CCCCCCCCCCCCCC. The minimum atomic E-state index is -0.765. The van der Waals surface area contributed by atoms with Crippen molar-refractivity contribution in [2.75, 3.05) is 13.2 Å². The van der Waals surface area contributed by atoms with E-state index in [1.54, 1.807) is 0 Å². The maximum Gasteiger partial charge on any atom is 0.306 e. The number of hydrogen-bond acceptors (Lipinski definition) is 6. The first-order valence-corrected chi connectivity index (χ1v) is 26.3. The first kappa shape index (κ1) is 57.9. The molecule has 0 saturated heterocycles. The van der Waals surface area contributed by atoms with E-state index in [0.717, 1.165) is 64.2 Å². The number of rotatable bonds is 48. The minimum absolute atomic E-state index is 0.0676. The van der Waals surface area contributed by atoms with Crippen LogP contribution in [0.5, 0.6) is 0 Å². The molecule has 0 aliphatic rings. The van der Waals surface area contributed by atoms with Gasteiger partial charge in [0.1, 0.15) is 13.2 Å². The fraction of sp³-hybridized carbons (Fsp3) is 0.870. The maximum absolute atomic E-state index is 12.8. The average molecular weight is 845 g/mol. The number of carbonyl (C=O) groups excluding carboxylic acids is 3. The van der Waals surface area contributed by atoms with Crippen LogP contribution in [0.15, 0.2) is 24.3 Å². The molecule has 0 aliphatic heterocycles. The van der Waals surface area contributed by atoms with Crippen molar-refractivity contribution in [3.8, 4) is 0 Å². The highest BCUT2D eigenvalue weighted by Crippen LogP contribution is 2.16. The summed E-state index contributed by atoms with van der Waals surface area (Å²) in [4.78, 5) is 37.9. The molecular weight excluding hydrogens is 745 g/mol. The predicted octanol–water partition coefficient (Wildman–Crippen LogP) is 17.2. The fourth-order valence-corrected chi connectivity index (χ4v) is 7.71. The molecule has 0 spiro atoms. The summed E-state index contributed by atoms with van der Waals surface area (Å²) >= 11 is 0. The van der Waals surface area contributed by atoms with Crippen LogP contribution in [-0.2, 0) is 28.6 Å². The van der Waals surface area contributed by atoms with E-state index < -0.39 is 6.10 Å². The molecule has 0 aromatic heterocycles. The predicted molar refractivity (Wildman–Crippen MR) is 256 cm³/mol. The van der Waals surface area contributed by atoms with E-state index in [0.29, 0.717) is 19.3 Å². The summed E-state index contributed by atoms with van der Waals surface area (Å²) in [6, 6.07) is 0. The molecule has 6 nitrogen and oxygen atoms in total. The number of esters is 3. The van der Waals surface area contributed by atoms with E-state index in [2.05, 4.69) is 45.1 Å². The second-order valence-corrected chi connectivity index (χ2v) is 17.8. The van der Waals surface area contributed by atoms with Gasteiger partial charge < -0.3 is 14.2 Å². The molecule has 352 valence electrons. The summed E-state index contributed by atoms with van der Waals surface area (Å²) in [5.41, 5.74) is 0. The molecule has 0 N–H and O–H groups in total. The van der Waals surface area contributed by atoms with E-state index >= 15 is 0 Å². The van der Waals surface area contributed by atoms with Gasteiger partial charge >= 0.3 is 17.9 Å². The quantitative estimate of drug-likeness (QED) is 0.0263. The van der Waals surface area contributed by atoms with Gasteiger partial charge in [-0.3, -0.25) is 14.4 Å². The van der Waals surface area contributed by atoms with Crippen molar-refractivity contribution in [3.63, 3.8) is 0 Å². The van der Waals surface area contributed by atoms with Crippen LogP contribution < -0.4 is 0 Å². The molecule has 1 atom stereocenters. The first-order chi connectivity index (χ1) is 29.5. The van der Waals surface area contributed by atoms with Gasteiger partial charge in [-0.05, 0) is 51.4 Å². The zero-order valence-corrected chi connectivity index (χ0v) is 40.2. The third-order valence-corrected chi connectivity index (χ3v) is 11.7. The van der Waals surface area contributed by atoms with E-state index in [4.69, 9.17) is 14.2 Å². The molecule has 0 unspecified atom stereocenters. The van der Waals surface area contributed by atoms with Crippen molar-refractivity contribution in [2.45, 2.75) is 290 Å². The van der Waals surface area contributed by atoms with Gasteiger partial charge in [-0.15, -0.1) is 0 Å². The van der Waals surface area contributed by atoms with Crippen LogP contribution in [0.25, 0.3) is 0 Å². The van der Waals surface area contributed by atoms with Crippen molar-refractivity contribution in [1.82, 2.24) is 0 Å². The molecule has 60 heavy (non-hydrogen) atoms. The zero-order valence-electron chi connectivity index (χ0n) is 40.2. The van der Waals surface area contributed by atoms with Gasteiger partial charge in [0.2, 0.25) is 0 Å². The molecular formula is C54H100O6. The molecule has 0 amide bonds. The van der Waals surface area contributed by atoms with Crippen molar-refractivity contribution in [3.05, 3.63) is 24.3 Å². The van der Waals surface area contributed by atoms with Crippen LogP contribution in [0, 0.1) is 0 Å². The molecule has 0 radical (unpaired) electrons. The third kappa shape index (κ3) is 46.9. The Balaban J connectivity index is 4.28. The summed E-state index contributed by atoms with van der Waals surface area (Å²) in [5.74, 6) is -0.859. The first-order valence-electron chi connectivity index (χ1n) is 26.3. The number of hydrogen-bond donors (Lipinski definition) is 0. The number of unbranched alkanes of at least 4 members (excludes halogenated alkanes) is 33. The van der Waals surface area contributed by atoms with Gasteiger partial charge in [0.05, 0.1) is 0 Å². The minimum Gasteiger partial charge on any atom is -0.462 e. The summed E-state index contributed by atoms with van der Waals surface area (Å²) in [5, 5.41) is 0. The highest BCUT2D eigenvalue weighted by atomic mass is 16.6. The standard InChI is InChI=1S/C54H100O6/c1-4-7-10-13-16-19-22-24-25-26-27-28-29-30-33-35-38-41-44-47-53(56)59-50-51(49-58-52(55)46-43-40-37-34-31-21-18-15-12-9-6-3)60-54(57)48-45-42-39-36-32-23-20-17-14-11-8-5-2/h16,19,24-25,51H,4-15,17-18,20-23,26-50H2,1-3H3/b19-16-,25-24-/t51-/m1/s1. The highest BCUT2D eigenvalue weighted by molar-refractivity contribution is 5.71. The highest BCUT2D eigenvalue weighted by Gasteiger charge is 2.19. The summed E-state index contributed by atoms with van der Waals surface area (Å²) in [6.07, 6.45) is 55.9.